The molecule has 2 aromatic carbocycles. The number of nitrogens with zero attached hydrogens (tertiary/aromatic N) is 1. The van der Waals surface area contributed by atoms with E-state index in [1.54, 1.807) is 22.7 Å². The first-order valence-corrected chi connectivity index (χ1v) is 9.92. The van der Waals surface area contributed by atoms with Gasteiger partial charge in [-0.05, 0) is 47.3 Å². The van der Waals surface area contributed by atoms with E-state index in [0.717, 1.165) is 19.3 Å². The van der Waals surface area contributed by atoms with Crippen LogP contribution in [0.2, 0.25) is 0 Å². The summed E-state index contributed by atoms with van der Waals surface area (Å²) in [7, 11) is 1.40. The zero-order chi connectivity index (χ0) is 14.7. The zero-order valence-electron chi connectivity index (χ0n) is 10.6. The number of H-pyrrole nitrogens is 1. The largest absolute Gasteiger partial charge is 0.337 e. The van der Waals surface area contributed by atoms with Gasteiger partial charge in [0.25, 0.3) is 0 Å². The maximum atomic E-state index is 4.98. The second-order valence-corrected chi connectivity index (χ2v) is 8.17. The van der Waals surface area contributed by atoms with Crippen LogP contribution in [0, 0.1) is 3.95 Å². The van der Waals surface area contributed by atoms with Gasteiger partial charge in [0.1, 0.15) is 0 Å². The summed E-state index contributed by atoms with van der Waals surface area (Å²) in [5.74, 6) is 0. The van der Waals surface area contributed by atoms with Gasteiger partial charge in [-0.25, -0.2) is 4.98 Å². The van der Waals surface area contributed by atoms with Crippen LogP contribution in [0.5, 0.6) is 0 Å². The molecule has 0 bridgehead atoms. The Hall–Kier alpha value is -0.860. The fourth-order valence-corrected chi connectivity index (χ4v) is 4.61. The van der Waals surface area contributed by atoms with Gasteiger partial charge in [0.15, 0.2) is 8.29 Å². The molecule has 0 spiro atoms. The number of fused-ring (bicyclic) bond motifs is 2. The Morgan fingerprint density at radius 2 is 1.71 bits per heavy atom. The second kappa shape index (κ2) is 6.93. The number of thiazole rings is 2. The minimum absolute atomic E-state index is 0.848. The molecule has 0 radical (unpaired) electrons. The Morgan fingerprint density at radius 3 is 2.43 bits per heavy atom. The molecule has 0 amide bonds. The van der Waals surface area contributed by atoms with E-state index < -0.39 is 0 Å². The SMILES string of the molecule is S=c1[nH]c2ccccc2s1.SSc1nc2ccccc2s1. The number of nitrogens with one attached hydrogen (secondary N) is 1. The molecule has 0 aliphatic heterocycles. The van der Waals surface area contributed by atoms with Crippen molar-refractivity contribution in [2.45, 2.75) is 4.34 Å². The minimum atomic E-state index is 0.848. The lowest BCUT2D eigenvalue weighted by atomic mass is 10.3. The number of rotatable bonds is 1. The van der Waals surface area contributed by atoms with Crippen LogP contribution in [0.25, 0.3) is 20.4 Å². The number of aromatic nitrogens is 2. The molecule has 0 saturated carbocycles. The smallest absolute Gasteiger partial charge is 0.161 e. The van der Waals surface area contributed by atoms with Crippen molar-refractivity contribution in [2.75, 3.05) is 0 Å². The highest BCUT2D eigenvalue weighted by atomic mass is 33.1. The topological polar surface area (TPSA) is 28.7 Å². The number of aromatic amines is 1. The summed E-state index contributed by atoms with van der Waals surface area (Å²) >= 11 is 12.3. The van der Waals surface area contributed by atoms with Crippen LogP contribution < -0.4 is 0 Å². The first-order chi connectivity index (χ1) is 10.3. The summed E-state index contributed by atoms with van der Waals surface area (Å²) < 4.78 is 4.31. The molecule has 0 atom stereocenters. The number of para-hydroxylation sites is 2. The van der Waals surface area contributed by atoms with Crippen LogP contribution in [0.1, 0.15) is 0 Å². The predicted octanol–water partition coefficient (Wildman–Crippen LogP) is 6.19. The summed E-state index contributed by atoms with van der Waals surface area (Å²) in [5.41, 5.74) is 2.20. The molecule has 0 saturated heterocycles. The Labute approximate surface area is 144 Å². The van der Waals surface area contributed by atoms with Crippen LogP contribution in [0.3, 0.4) is 0 Å². The molecular formula is C14H10N2S5. The number of benzene rings is 2. The third-order valence-corrected chi connectivity index (χ3v) is 6.36. The van der Waals surface area contributed by atoms with Crippen molar-refractivity contribution in [1.82, 2.24) is 9.97 Å². The van der Waals surface area contributed by atoms with Crippen LogP contribution in [-0.2, 0) is 0 Å². The highest BCUT2D eigenvalue weighted by Gasteiger charge is 1.99. The van der Waals surface area contributed by atoms with Gasteiger partial charge in [-0.2, -0.15) is 0 Å². The molecular weight excluding hydrogens is 357 g/mol. The second-order valence-electron chi connectivity index (χ2n) is 4.05. The highest BCUT2D eigenvalue weighted by molar-refractivity contribution is 8.69. The predicted molar refractivity (Wildman–Crippen MR) is 101 cm³/mol. The van der Waals surface area contributed by atoms with Gasteiger partial charge in [0.05, 0.1) is 20.4 Å². The molecule has 4 rings (SSSR count). The van der Waals surface area contributed by atoms with E-state index >= 15 is 0 Å². The van der Waals surface area contributed by atoms with Crippen LogP contribution in [0.4, 0.5) is 0 Å². The van der Waals surface area contributed by atoms with Crippen molar-refractivity contribution in [3.8, 4) is 0 Å². The zero-order valence-corrected chi connectivity index (χ0v) is 14.8. The molecule has 0 aliphatic rings. The van der Waals surface area contributed by atoms with E-state index in [-0.39, 0.29) is 0 Å². The average molecular weight is 367 g/mol. The van der Waals surface area contributed by atoms with Crippen molar-refractivity contribution in [2.24, 2.45) is 0 Å². The molecule has 7 heteroatoms. The first-order valence-electron chi connectivity index (χ1n) is 6.01. The van der Waals surface area contributed by atoms with Gasteiger partial charge in [0.2, 0.25) is 0 Å². The van der Waals surface area contributed by atoms with E-state index in [2.05, 4.69) is 33.8 Å². The van der Waals surface area contributed by atoms with Gasteiger partial charge < -0.3 is 4.98 Å². The maximum absolute atomic E-state index is 4.98. The lowest BCUT2D eigenvalue weighted by Gasteiger charge is -1.81. The van der Waals surface area contributed by atoms with E-state index in [4.69, 9.17) is 12.2 Å². The van der Waals surface area contributed by atoms with Crippen molar-refractivity contribution >= 4 is 77.8 Å². The molecule has 2 aromatic heterocycles. The summed E-state index contributed by atoms with van der Waals surface area (Å²) in [4.78, 5) is 7.43. The monoisotopic (exact) mass is 366 g/mol. The van der Waals surface area contributed by atoms with Gasteiger partial charge in [-0.3, -0.25) is 0 Å². The molecule has 106 valence electrons. The van der Waals surface area contributed by atoms with Gasteiger partial charge >= 0.3 is 0 Å². The summed E-state index contributed by atoms with van der Waals surface area (Å²) in [6.45, 7) is 0. The van der Waals surface area contributed by atoms with Crippen LogP contribution >= 0.6 is 57.3 Å². The van der Waals surface area contributed by atoms with Crippen molar-refractivity contribution < 1.29 is 0 Å². The third-order valence-electron chi connectivity index (χ3n) is 2.68. The Bertz CT molecular complexity index is 852. The van der Waals surface area contributed by atoms with Crippen molar-refractivity contribution in [3.05, 3.63) is 52.5 Å². The Balaban J connectivity index is 0.000000126. The number of hydrogen-bond acceptors (Lipinski definition) is 6. The van der Waals surface area contributed by atoms with E-state index in [1.165, 1.54) is 20.2 Å². The maximum Gasteiger partial charge on any atom is 0.161 e. The lowest BCUT2D eigenvalue weighted by molar-refractivity contribution is 1.31. The summed E-state index contributed by atoms with van der Waals surface area (Å²) in [6.07, 6.45) is 0. The first kappa shape index (κ1) is 15.1. The fourth-order valence-electron chi connectivity index (χ4n) is 1.78. The molecule has 1 N–H and O–H groups in total. The van der Waals surface area contributed by atoms with Crippen molar-refractivity contribution in [3.63, 3.8) is 0 Å². The van der Waals surface area contributed by atoms with E-state index in [0.29, 0.717) is 0 Å². The Kier molecular flexibility index (Phi) is 4.97. The summed E-state index contributed by atoms with van der Waals surface area (Å²) in [6, 6.07) is 16.2. The van der Waals surface area contributed by atoms with E-state index in [1.807, 2.05) is 36.4 Å². The van der Waals surface area contributed by atoms with Gasteiger partial charge in [-0.1, -0.05) is 24.3 Å². The minimum Gasteiger partial charge on any atom is -0.337 e. The molecule has 0 unspecified atom stereocenters. The fraction of sp³-hybridized carbons (Fsp3) is 0. The normalized spacial score (nSPS) is 10.5. The summed E-state index contributed by atoms with van der Waals surface area (Å²) in [5, 5.41) is 0. The number of thiol groups is 1. The Morgan fingerprint density at radius 1 is 1.00 bits per heavy atom. The molecule has 4 aromatic rings. The molecule has 2 heterocycles. The van der Waals surface area contributed by atoms with Crippen LogP contribution in [-0.4, -0.2) is 9.97 Å². The number of hydrogen-bond donors (Lipinski definition) is 2. The third kappa shape index (κ3) is 3.67. The molecule has 2 nitrogen and oxygen atoms in total. The van der Waals surface area contributed by atoms with E-state index in [9.17, 15) is 0 Å². The average Bonchev–Trinajstić information content (AvgIpc) is 3.09. The quantitative estimate of drug-likeness (QED) is 0.239. The van der Waals surface area contributed by atoms with Gasteiger partial charge in [-0.15, -0.1) is 34.3 Å². The standard InChI is InChI=1S/C7H5NS3.C7H5NS2/c9-11-7-8-5-3-1-2-4-6(5)10-7;9-7-8-5-3-1-2-4-6(5)10-7/h1-4,9H;1-4H,(H,8,9). The van der Waals surface area contributed by atoms with Crippen molar-refractivity contribution in [1.29, 1.82) is 0 Å². The lowest BCUT2D eigenvalue weighted by Crippen LogP contribution is -1.63. The molecule has 21 heavy (non-hydrogen) atoms. The molecule has 0 fully saturated rings. The molecule has 0 aliphatic carbocycles. The van der Waals surface area contributed by atoms with Crippen LogP contribution in [0.15, 0.2) is 52.9 Å². The van der Waals surface area contributed by atoms with Gasteiger partial charge in [0, 0.05) is 0 Å². The highest BCUT2D eigenvalue weighted by Crippen LogP contribution is 2.30.